The van der Waals surface area contributed by atoms with Gasteiger partial charge in [-0.25, -0.2) is 13.6 Å². The fourth-order valence-electron chi connectivity index (χ4n) is 4.15. The van der Waals surface area contributed by atoms with E-state index in [-0.39, 0.29) is 35.9 Å². The van der Waals surface area contributed by atoms with Gasteiger partial charge in [-0.3, -0.25) is 14.0 Å². The van der Waals surface area contributed by atoms with E-state index in [1.54, 1.807) is 0 Å². The molecule has 1 aromatic heterocycles. The Morgan fingerprint density at radius 2 is 1.97 bits per heavy atom. The molecule has 0 bridgehead atoms. The third kappa shape index (κ3) is 3.29. The predicted octanol–water partition coefficient (Wildman–Crippen LogP) is 2.22. The molecule has 2 unspecified atom stereocenters. The lowest BCUT2D eigenvalue weighted by Crippen LogP contribution is -2.40. The van der Waals surface area contributed by atoms with Crippen LogP contribution in [-0.2, 0) is 4.79 Å². The lowest BCUT2D eigenvalue weighted by molar-refractivity contribution is -0.119. The quantitative estimate of drug-likeness (QED) is 0.770. The van der Waals surface area contributed by atoms with Crippen LogP contribution in [0.5, 0.6) is 0 Å². The normalized spacial score (nSPS) is 21.3. The molecule has 1 aliphatic carbocycles. The van der Waals surface area contributed by atoms with Crippen molar-refractivity contribution in [1.29, 1.82) is 0 Å². The van der Waals surface area contributed by atoms with Crippen molar-refractivity contribution in [3.8, 4) is 0 Å². The van der Waals surface area contributed by atoms with Gasteiger partial charge in [0.15, 0.2) is 5.82 Å². The fourth-order valence-corrected chi connectivity index (χ4v) is 4.15. The maximum Gasteiger partial charge on any atom is 0.341 e. The molecule has 10 heteroatoms. The van der Waals surface area contributed by atoms with Crippen LogP contribution in [-0.4, -0.2) is 47.4 Å². The molecule has 2 aliphatic rings. The monoisotopic (exact) mass is 423 g/mol. The molecule has 0 spiro atoms. The Bertz CT molecular complexity index is 1110. The van der Waals surface area contributed by atoms with Gasteiger partial charge in [-0.05, 0) is 18.9 Å². The van der Waals surface area contributed by atoms with Gasteiger partial charge in [0, 0.05) is 38.2 Å². The van der Waals surface area contributed by atoms with Crippen molar-refractivity contribution in [3.63, 3.8) is 0 Å². The summed E-state index contributed by atoms with van der Waals surface area (Å²) >= 11 is 0. The summed E-state index contributed by atoms with van der Waals surface area (Å²) in [6, 6.07) is 0.0581. The second-order valence-corrected chi connectivity index (χ2v) is 7.86. The molecule has 2 aromatic rings. The van der Waals surface area contributed by atoms with Gasteiger partial charge < -0.3 is 19.9 Å². The highest BCUT2D eigenvalue weighted by molar-refractivity contribution is 5.94. The van der Waals surface area contributed by atoms with Crippen molar-refractivity contribution in [2.75, 3.05) is 24.7 Å². The number of rotatable bonds is 5. The van der Waals surface area contributed by atoms with Crippen LogP contribution in [0.25, 0.3) is 10.9 Å². The van der Waals surface area contributed by atoms with Crippen LogP contribution >= 0.6 is 0 Å². The van der Waals surface area contributed by atoms with Gasteiger partial charge in [0.1, 0.15) is 17.1 Å². The first-order valence-corrected chi connectivity index (χ1v) is 9.61. The second kappa shape index (κ2) is 7.33. The third-order valence-corrected chi connectivity index (χ3v) is 5.70. The highest BCUT2D eigenvalue weighted by Gasteiger charge is 2.37. The fraction of sp³-hybridized carbons (Fsp3) is 0.450. The predicted molar refractivity (Wildman–Crippen MR) is 103 cm³/mol. The highest BCUT2D eigenvalue weighted by Crippen LogP contribution is 2.40. The number of anilines is 1. The number of nitrogens with one attached hydrogen (secondary N) is 1. The third-order valence-electron chi connectivity index (χ3n) is 5.70. The molecule has 2 N–H and O–H groups in total. The van der Waals surface area contributed by atoms with Crippen molar-refractivity contribution in [1.82, 2.24) is 9.88 Å². The molecule has 1 aromatic carbocycles. The summed E-state index contributed by atoms with van der Waals surface area (Å²) in [7, 11) is 0. The molecule has 1 amide bonds. The Morgan fingerprint density at radius 3 is 2.53 bits per heavy atom. The molecule has 7 nitrogen and oxygen atoms in total. The molecule has 2 atom stereocenters. The van der Waals surface area contributed by atoms with Crippen LogP contribution in [0.15, 0.2) is 17.1 Å². The van der Waals surface area contributed by atoms with E-state index in [1.165, 1.54) is 16.4 Å². The molecule has 160 valence electrons. The Kier molecular flexibility index (Phi) is 4.95. The summed E-state index contributed by atoms with van der Waals surface area (Å²) in [5.41, 5.74) is -2.09. The van der Waals surface area contributed by atoms with E-state index < -0.39 is 52.9 Å². The zero-order valence-electron chi connectivity index (χ0n) is 16.1. The minimum atomic E-state index is -1.47. The number of carbonyl (C=O) groups excluding carboxylic acids is 1. The molecule has 2 heterocycles. The number of carbonyl (C=O) groups is 2. The van der Waals surface area contributed by atoms with Crippen molar-refractivity contribution in [3.05, 3.63) is 39.7 Å². The van der Waals surface area contributed by atoms with Crippen LogP contribution in [0, 0.1) is 17.6 Å². The first-order chi connectivity index (χ1) is 14.2. The number of aromatic nitrogens is 1. The first-order valence-electron chi connectivity index (χ1n) is 9.61. The van der Waals surface area contributed by atoms with Crippen molar-refractivity contribution in [2.45, 2.75) is 31.8 Å². The maximum absolute atomic E-state index is 15.6. The minimum absolute atomic E-state index is 0.00832. The number of hydrogen-bond donors (Lipinski definition) is 2. The zero-order valence-corrected chi connectivity index (χ0v) is 16.1. The van der Waals surface area contributed by atoms with Crippen LogP contribution < -0.4 is 15.6 Å². The van der Waals surface area contributed by atoms with Crippen molar-refractivity contribution < 1.29 is 27.9 Å². The smallest absolute Gasteiger partial charge is 0.341 e. The van der Waals surface area contributed by atoms with Crippen LogP contribution in [0.2, 0.25) is 0 Å². The van der Waals surface area contributed by atoms with Gasteiger partial charge in [-0.2, -0.15) is 0 Å². The molecule has 0 radical (unpaired) electrons. The SMILES string of the molecule is CC(=O)NC1CN(c2c(F)cc3c(=O)c(C(=O)O)cn(C4CC4)c3c2F)CC1CF. The summed E-state index contributed by atoms with van der Waals surface area (Å²) < 4.78 is 45.4. The van der Waals surface area contributed by atoms with Gasteiger partial charge in [0.2, 0.25) is 11.3 Å². The number of pyridine rings is 1. The van der Waals surface area contributed by atoms with Crippen LogP contribution in [0.4, 0.5) is 18.9 Å². The van der Waals surface area contributed by atoms with Crippen molar-refractivity contribution in [2.24, 2.45) is 5.92 Å². The number of alkyl halides is 1. The number of nitrogens with zero attached hydrogens (tertiary/aromatic N) is 2. The number of halogens is 3. The van der Waals surface area contributed by atoms with Crippen LogP contribution in [0.3, 0.4) is 0 Å². The molecule has 1 aliphatic heterocycles. The summed E-state index contributed by atoms with van der Waals surface area (Å²) in [5, 5.41) is 11.6. The lowest BCUT2D eigenvalue weighted by Gasteiger charge is -2.22. The Hall–Kier alpha value is -3.04. The zero-order chi connectivity index (χ0) is 21.7. The van der Waals surface area contributed by atoms with E-state index >= 15 is 4.39 Å². The highest BCUT2D eigenvalue weighted by atomic mass is 19.1. The molecule has 1 saturated carbocycles. The largest absolute Gasteiger partial charge is 0.477 e. The Labute approximate surface area is 169 Å². The van der Waals surface area contributed by atoms with E-state index in [4.69, 9.17) is 0 Å². The molecule has 30 heavy (non-hydrogen) atoms. The molecular weight excluding hydrogens is 403 g/mol. The van der Waals surface area contributed by atoms with Gasteiger partial charge >= 0.3 is 5.97 Å². The van der Waals surface area contributed by atoms with Gasteiger partial charge in [-0.15, -0.1) is 0 Å². The molecular formula is C20H20F3N3O4. The number of fused-ring (bicyclic) bond motifs is 1. The second-order valence-electron chi connectivity index (χ2n) is 7.86. The van der Waals surface area contributed by atoms with Crippen LogP contribution in [0.1, 0.15) is 36.2 Å². The lowest BCUT2D eigenvalue weighted by atomic mass is 10.1. The standard InChI is InChI=1S/C20H20F3N3O4/c1-9(27)24-15-8-25(6-10(15)5-21)18-14(22)4-12-17(16(18)23)26(11-2-3-11)7-13(19(12)28)20(29)30/h4,7,10-11,15H,2-3,5-6,8H2,1H3,(H,24,27)(H,29,30). The number of carboxylic acid groups (broad SMARTS) is 1. The van der Waals surface area contributed by atoms with Gasteiger partial charge in [-0.1, -0.05) is 0 Å². The van der Waals surface area contributed by atoms with Crippen molar-refractivity contribution >= 4 is 28.5 Å². The Morgan fingerprint density at radius 1 is 1.27 bits per heavy atom. The maximum atomic E-state index is 15.6. The number of amides is 1. The van der Waals surface area contributed by atoms with Gasteiger partial charge in [0.05, 0.1) is 23.6 Å². The molecule has 4 rings (SSSR count). The van der Waals surface area contributed by atoms with E-state index in [2.05, 4.69) is 5.32 Å². The van der Waals surface area contributed by atoms with Gasteiger partial charge in [0.25, 0.3) is 0 Å². The number of aromatic carboxylic acids is 1. The topological polar surface area (TPSA) is 91.6 Å². The average molecular weight is 423 g/mol. The first kappa shape index (κ1) is 20.2. The average Bonchev–Trinajstić information content (AvgIpc) is 3.43. The van der Waals surface area contributed by atoms with E-state index in [1.807, 2.05) is 0 Å². The number of benzene rings is 1. The van der Waals surface area contributed by atoms with E-state index in [9.17, 15) is 28.3 Å². The number of carboxylic acids is 1. The molecule has 1 saturated heterocycles. The minimum Gasteiger partial charge on any atom is -0.477 e. The van der Waals surface area contributed by atoms with E-state index in [0.717, 1.165) is 12.3 Å². The summed E-state index contributed by atoms with van der Waals surface area (Å²) in [4.78, 5) is 36.7. The Balaban J connectivity index is 1.88. The molecule has 2 fully saturated rings. The summed E-state index contributed by atoms with van der Waals surface area (Å²) in [6.07, 6.45) is 2.47. The summed E-state index contributed by atoms with van der Waals surface area (Å²) in [6.45, 7) is 0.507. The number of hydrogen-bond acceptors (Lipinski definition) is 4. The van der Waals surface area contributed by atoms with E-state index in [0.29, 0.717) is 12.8 Å². The summed E-state index contributed by atoms with van der Waals surface area (Å²) in [5.74, 6) is -4.51.